The third-order valence-corrected chi connectivity index (χ3v) is 4.91. The summed E-state index contributed by atoms with van der Waals surface area (Å²) in [5, 5.41) is 14.3. The molecule has 0 aliphatic carbocycles. The summed E-state index contributed by atoms with van der Waals surface area (Å²) in [5.41, 5.74) is 0.958. The Hall–Kier alpha value is -2.61. The lowest BCUT2D eigenvalue weighted by molar-refractivity contribution is -0.137. The number of thiazole rings is 1. The predicted octanol–water partition coefficient (Wildman–Crippen LogP) is 3.13. The standard InChI is InChI=1S/C19H24N2O5S/c1-19(2,8-7-17(23)24)21-16(22)10-13-11-27-18(20-13)12-5-6-14(25-3)15(9-12)26-4/h5-6,9,11H,7-8,10H2,1-4H3,(H,21,22)(H,23,24). The van der Waals surface area contributed by atoms with Gasteiger partial charge in [0.15, 0.2) is 11.5 Å². The largest absolute Gasteiger partial charge is 0.493 e. The van der Waals surface area contributed by atoms with Crippen LogP contribution in [-0.4, -0.2) is 41.7 Å². The first kappa shape index (κ1) is 20.7. The Kier molecular flexibility index (Phi) is 6.79. The number of ether oxygens (including phenoxy) is 2. The molecule has 0 aliphatic rings. The van der Waals surface area contributed by atoms with Gasteiger partial charge < -0.3 is 19.9 Å². The Bertz CT molecular complexity index is 816. The number of nitrogens with one attached hydrogen (secondary N) is 1. The summed E-state index contributed by atoms with van der Waals surface area (Å²) in [6, 6.07) is 5.54. The molecule has 0 bridgehead atoms. The van der Waals surface area contributed by atoms with Crippen LogP contribution in [-0.2, 0) is 16.0 Å². The van der Waals surface area contributed by atoms with Crippen molar-refractivity contribution in [3.63, 3.8) is 0 Å². The average Bonchev–Trinajstić information content (AvgIpc) is 3.07. The summed E-state index contributed by atoms with van der Waals surface area (Å²) in [6.45, 7) is 3.62. The Morgan fingerprint density at radius 3 is 2.56 bits per heavy atom. The van der Waals surface area contributed by atoms with Crippen LogP contribution in [0.4, 0.5) is 0 Å². The van der Waals surface area contributed by atoms with E-state index in [0.717, 1.165) is 10.6 Å². The van der Waals surface area contributed by atoms with Crippen LogP contribution in [0, 0.1) is 0 Å². The monoisotopic (exact) mass is 392 g/mol. The van der Waals surface area contributed by atoms with Crippen LogP contribution >= 0.6 is 11.3 Å². The number of aromatic nitrogens is 1. The van der Waals surface area contributed by atoms with Gasteiger partial charge in [-0.25, -0.2) is 4.98 Å². The Balaban J connectivity index is 2.03. The zero-order valence-corrected chi connectivity index (χ0v) is 16.7. The van der Waals surface area contributed by atoms with Crippen molar-refractivity contribution < 1.29 is 24.2 Å². The molecule has 0 unspecified atom stereocenters. The molecule has 2 aromatic rings. The van der Waals surface area contributed by atoms with E-state index in [1.54, 1.807) is 14.2 Å². The van der Waals surface area contributed by atoms with Gasteiger partial charge in [0.25, 0.3) is 0 Å². The molecule has 1 aromatic heterocycles. The van der Waals surface area contributed by atoms with Gasteiger partial charge in [-0.1, -0.05) is 0 Å². The van der Waals surface area contributed by atoms with Gasteiger partial charge in [-0.15, -0.1) is 11.3 Å². The van der Waals surface area contributed by atoms with Crippen molar-refractivity contribution in [3.05, 3.63) is 29.3 Å². The molecule has 0 atom stereocenters. The van der Waals surface area contributed by atoms with E-state index in [9.17, 15) is 9.59 Å². The molecule has 146 valence electrons. The number of carboxylic acid groups (broad SMARTS) is 1. The predicted molar refractivity (Wildman–Crippen MR) is 103 cm³/mol. The quantitative estimate of drug-likeness (QED) is 0.680. The van der Waals surface area contributed by atoms with E-state index in [1.807, 2.05) is 37.4 Å². The van der Waals surface area contributed by atoms with Gasteiger partial charge >= 0.3 is 5.97 Å². The third kappa shape index (κ3) is 5.96. The molecule has 8 heteroatoms. The highest BCUT2D eigenvalue weighted by molar-refractivity contribution is 7.13. The van der Waals surface area contributed by atoms with E-state index >= 15 is 0 Å². The van der Waals surface area contributed by atoms with Crippen LogP contribution in [0.25, 0.3) is 10.6 Å². The molecule has 0 fully saturated rings. The summed E-state index contributed by atoms with van der Waals surface area (Å²) in [7, 11) is 3.15. The number of carbonyl (C=O) groups is 2. The minimum Gasteiger partial charge on any atom is -0.493 e. The van der Waals surface area contributed by atoms with Crippen LogP contribution in [0.3, 0.4) is 0 Å². The van der Waals surface area contributed by atoms with Gasteiger partial charge in [0, 0.05) is 22.9 Å². The lowest BCUT2D eigenvalue weighted by Crippen LogP contribution is -2.44. The zero-order valence-electron chi connectivity index (χ0n) is 15.9. The van der Waals surface area contributed by atoms with Crippen LogP contribution in [0.5, 0.6) is 11.5 Å². The molecule has 1 aromatic carbocycles. The maximum Gasteiger partial charge on any atom is 0.303 e. The molecule has 0 radical (unpaired) electrons. The lowest BCUT2D eigenvalue weighted by Gasteiger charge is -2.25. The molecule has 0 saturated heterocycles. The molecule has 7 nitrogen and oxygen atoms in total. The summed E-state index contributed by atoms with van der Waals surface area (Å²) in [5.74, 6) is 0.191. The molecule has 0 saturated carbocycles. The van der Waals surface area contributed by atoms with Gasteiger partial charge in [-0.3, -0.25) is 9.59 Å². The molecule has 27 heavy (non-hydrogen) atoms. The Morgan fingerprint density at radius 2 is 1.93 bits per heavy atom. The number of methoxy groups -OCH3 is 2. The highest BCUT2D eigenvalue weighted by Gasteiger charge is 2.22. The van der Waals surface area contributed by atoms with E-state index < -0.39 is 11.5 Å². The van der Waals surface area contributed by atoms with Gasteiger partial charge in [0.1, 0.15) is 5.01 Å². The molecule has 1 heterocycles. The SMILES string of the molecule is COc1ccc(-c2nc(CC(=O)NC(C)(C)CCC(=O)O)cs2)cc1OC. The van der Waals surface area contributed by atoms with Gasteiger partial charge in [-0.2, -0.15) is 0 Å². The summed E-state index contributed by atoms with van der Waals surface area (Å²) < 4.78 is 10.5. The maximum atomic E-state index is 12.3. The smallest absolute Gasteiger partial charge is 0.303 e. The second kappa shape index (κ2) is 8.85. The number of carboxylic acids is 1. The topological polar surface area (TPSA) is 97.8 Å². The third-order valence-electron chi connectivity index (χ3n) is 3.97. The maximum absolute atomic E-state index is 12.3. The first-order valence-corrected chi connectivity index (χ1v) is 9.31. The van der Waals surface area contributed by atoms with E-state index in [1.165, 1.54) is 11.3 Å². The number of carbonyl (C=O) groups excluding carboxylic acids is 1. The van der Waals surface area contributed by atoms with Crippen molar-refractivity contribution in [2.24, 2.45) is 0 Å². The van der Waals surface area contributed by atoms with Crippen molar-refractivity contribution in [2.45, 2.75) is 38.6 Å². The lowest BCUT2D eigenvalue weighted by atomic mass is 9.98. The molecular formula is C19H24N2O5S. The summed E-state index contributed by atoms with van der Waals surface area (Å²) in [4.78, 5) is 27.5. The Morgan fingerprint density at radius 1 is 1.22 bits per heavy atom. The Labute approximate surface area is 162 Å². The number of nitrogens with zero attached hydrogens (tertiary/aromatic N) is 1. The van der Waals surface area contributed by atoms with E-state index in [0.29, 0.717) is 23.6 Å². The molecule has 2 N–H and O–H groups in total. The molecular weight excluding hydrogens is 368 g/mol. The first-order chi connectivity index (χ1) is 12.7. The van der Waals surface area contributed by atoms with Crippen LogP contribution < -0.4 is 14.8 Å². The fourth-order valence-corrected chi connectivity index (χ4v) is 3.37. The fourth-order valence-electron chi connectivity index (χ4n) is 2.56. The van der Waals surface area contributed by atoms with Gasteiger partial charge in [0.2, 0.25) is 5.91 Å². The zero-order chi connectivity index (χ0) is 20.0. The number of hydrogen-bond acceptors (Lipinski definition) is 6. The van der Waals surface area contributed by atoms with Gasteiger partial charge in [0.05, 0.1) is 26.3 Å². The molecule has 0 aliphatic heterocycles. The molecule has 0 spiro atoms. The minimum atomic E-state index is -0.878. The number of benzene rings is 1. The number of amides is 1. The summed E-state index contributed by atoms with van der Waals surface area (Å²) >= 11 is 1.44. The van der Waals surface area contributed by atoms with Crippen molar-refractivity contribution in [2.75, 3.05) is 14.2 Å². The van der Waals surface area contributed by atoms with Crippen LogP contribution in [0.2, 0.25) is 0 Å². The van der Waals surface area contributed by atoms with Crippen LogP contribution in [0.15, 0.2) is 23.6 Å². The van der Waals surface area contributed by atoms with Crippen molar-refractivity contribution in [1.29, 1.82) is 0 Å². The fraction of sp³-hybridized carbons (Fsp3) is 0.421. The molecule has 2 rings (SSSR count). The van der Waals surface area contributed by atoms with Gasteiger partial charge in [-0.05, 0) is 38.5 Å². The highest BCUT2D eigenvalue weighted by atomic mass is 32.1. The number of aliphatic carboxylic acids is 1. The minimum absolute atomic E-state index is 0.00737. The second-order valence-electron chi connectivity index (χ2n) is 6.72. The normalized spacial score (nSPS) is 11.1. The van der Waals surface area contributed by atoms with Crippen molar-refractivity contribution in [3.8, 4) is 22.1 Å². The second-order valence-corrected chi connectivity index (χ2v) is 7.57. The average molecular weight is 392 g/mol. The van der Waals surface area contributed by atoms with Crippen molar-refractivity contribution in [1.82, 2.24) is 10.3 Å². The van der Waals surface area contributed by atoms with E-state index in [2.05, 4.69) is 10.3 Å². The van der Waals surface area contributed by atoms with Crippen molar-refractivity contribution >= 4 is 23.2 Å². The number of rotatable bonds is 9. The van der Waals surface area contributed by atoms with E-state index in [-0.39, 0.29) is 18.7 Å². The highest BCUT2D eigenvalue weighted by Crippen LogP contribution is 2.33. The number of hydrogen-bond donors (Lipinski definition) is 2. The van der Waals surface area contributed by atoms with Crippen LogP contribution in [0.1, 0.15) is 32.4 Å². The summed E-state index contributed by atoms with van der Waals surface area (Å²) in [6.07, 6.45) is 0.510. The first-order valence-electron chi connectivity index (χ1n) is 8.43. The molecule has 1 amide bonds. The van der Waals surface area contributed by atoms with E-state index in [4.69, 9.17) is 14.6 Å².